The number of phenols is 3. The van der Waals surface area contributed by atoms with E-state index in [0.717, 1.165) is 19.5 Å². The van der Waals surface area contributed by atoms with Gasteiger partial charge in [-0.15, -0.1) is 0 Å². The second kappa shape index (κ2) is 62.6. The molecule has 68 heteroatoms. The molecule has 142 heavy (non-hydrogen) atoms. The molecule has 0 bridgehead atoms. The maximum absolute atomic E-state index is 13.7. The van der Waals surface area contributed by atoms with E-state index in [1.54, 1.807) is 12.1 Å². The Labute approximate surface area is 782 Å². The van der Waals surface area contributed by atoms with Crippen LogP contribution >= 0.6 is 0 Å². The van der Waals surface area contributed by atoms with Crippen LogP contribution in [0.4, 0.5) is 140 Å². The summed E-state index contributed by atoms with van der Waals surface area (Å²) in [6, 6.07) is 17.4. The van der Waals surface area contributed by atoms with Crippen LogP contribution in [0.25, 0.3) is 0 Å². The fourth-order valence-corrected chi connectivity index (χ4v) is 8.26. The predicted octanol–water partition coefficient (Wildman–Crippen LogP) is 8.49. The van der Waals surface area contributed by atoms with Crippen LogP contribution in [0, 0.1) is 0 Å². The number of esters is 2. The maximum Gasteiger partial charge on any atom is 0.460 e. The number of carbonyl (C=O) groups is 8. The number of ether oxygens (including phenoxy) is 13. The molecule has 0 saturated carbocycles. The summed E-state index contributed by atoms with van der Waals surface area (Å²) in [5.74, 6) is -20.8. The highest BCUT2D eigenvalue weighted by molar-refractivity contribution is 5.84. The van der Waals surface area contributed by atoms with Crippen LogP contribution in [0.5, 0.6) is 17.2 Å². The quantitative estimate of drug-likeness (QED) is 0.0143. The largest absolute Gasteiger partial charge is 0.508 e. The molecule has 0 aromatic heterocycles. The van der Waals surface area contributed by atoms with Crippen molar-refractivity contribution in [3.63, 3.8) is 0 Å². The van der Waals surface area contributed by atoms with Crippen molar-refractivity contribution in [2.45, 2.75) is 159 Å². The van der Waals surface area contributed by atoms with Gasteiger partial charge in [-0.25, -0.2) is 47.5 Å². The normalized spacial score (nSPS) is 12.6. The van der Waals surface area contributed by atoms with E-state index in [1.165, 1.54) is 103 Å². The average Bonchev–Trinajstić information content (AvgIpc) is 0.754. The molecule has 0 spiro atoms. The Bertz CT molecular complexity index is 3920. The second-order valence-electron chi connectivity index (χ2n) is 25.8. The SMILES string of the molecule is CCN(CC)C(=O)C(F)(F)OC(F)(F)C(F)(F)OC(F)(F)C(=O)N(CC)CC.CCNCC.COC(=O)C(F)(F)OC(F)(F)C(F)(F)OC(F)(F)C(=O)OC.NCCOCCO.NCCc1ccc(O)cc1.O=C(NCCOCCO)C(F)(F)OC(F)(F)C(F)(F)OC(F)(F)C(=O)NCCOCCO.O=C(NCCc1ccc(O)cc1)C(F)(F)OC(F)(F)C(F)(F)OC(F)(F)C(=O)NCCc1ccc(O)cc1. The maximum atomic E-state index is 13.7. The zero-order valence-corrected chi connectivity index (χ0v) is 74.8. The number of likely N-dealkylation sites (N-methyl/N-ethyl adjacent to an activating group) is 2. The van der Waals surface area contributed by atoms with E-state index in [-0.39, 0.29) is 68.2 Å². The van der Waals surface area contributed by atoms with Crippen LogP contribution < -0.4 is 38.1 Å². The first-order valence-corrected chi connectivity index (χ1v) is 39.4. The van der Waals surface area contributed by atoms with Crippen LogP contribution in [-0.4, -0.2) is 338 Å². The molecule has 0 radical (unpaired) electrons. The molecule has 0 atom stereocenters. The number of hydrogen-bond donors (Lipinski definition) is 13. The summed E-state index contributed by atoms with van der Waals surface area (Å²) < 4.78 is 467. The topological polar surface area (TPSA) is 497 Å². The fraction of sp³-hybridized carbons (Fsp3) is 0.649. The molecular formula is C74H99F32N9O27. The highest BCUT2D eigenvalue weighted by Gasteiger charge is 2.74. The molecule has 0 heterocycles. The summed E-state index contributed by atoms with van der Waals surface area (Å²) in [5.41, 5.74) is 12.4. The van der Waals surface area contributed by atoms with Gasteiger partial charge in [-0.3, -0.25) is 28.8 Å². The Morgan fingerprint density at radius 2 is 0.493 bits per heavy atom. The fourth-order valence-electron chi connectivity index (χ4n) is 8.26. The Kier molecular flexibility index (Phi) is 60.9. The molecule has 0 aliphatic heterocycles. The van der Waals surface area contributed by atoms with Crippen molar-refractivity contribution >= 4 is 47.4 Å². The minimum absolute atomic E-state index is 0.0833. The first kappa shape index (κ1) is 138. The van der Waals surface area contributed by atoms with Crippen LogP contribution in [0.15, 0.2) is 72.8 Å². The molecule has 15 N–H and O–H groups in total. The van der Waals surface area contributed by atoms with Crippen molar-refractivity contribution in [2.75, 3.05) is 152 Å². The van der Waals surface area contributed by atoms with E-state index in [2.05, 4.69) is 76.0 Å². The third-order valence-corrected chi connectivity index (χ3v) is 15.1. The van der Waals surface area contributed by atoms with E-state index in [9.17, 15) is 179 Å². The van der Waals surface area contributed by atoms with Crippen molar-refractivity contribution in [3.05, 3.63) is 89.5 Å². The first-order chi connectivity index (χ1) is 64.9. The number of nitrogens with zero attached hydrogens (tertiary/aromatic N) is 2. The number of rotatable bonds is 56. The molecule has 3 aromatic rings. The van der Waals surface area contributed by atoms with Crippen LogP contribution in [0.2, 0.25) is 0 Å². The van der Waals surface area contributed by atoms with Crippen molar-refractivity contribution < 1.29 is 271 Å². The van der Waals surface area contributed by atoms with Crippen molar-refractivity contribution in [1.29, 1.82) is 0 Å². The number of nitrogens with one attached hydrogen (secondary N) is 5. The summed E-state index contributed by atoms with van der Waals surface area (Å²) in [6.07, 6.45) is -95.8. The number of halogens is 32. The number of hydrogen-bond acceptors (Lipinski definition) is 30. The number of alkyl halides is 32. The molecule has 0 unspecified atom stereocenters. The number of aliphatic hydroxyl groups is 3. The van der Waals surface area contributed by atoms with Gasteiger partial charge in [0.15, 0.2) is 0 Å². The average molecular weight is 2150 g/mol. The lowest BCUT2D eigenvalue weighted by atomic mass is 10.1. The molecule has 6 amide bonds. The van der Waals surface area contributed by atoms with Gasteiger partial charge in [-0.1, -0.05) is 50.2 Å². The van der Waals surface area contributed by atoms with Crippen LogP contribution in [0.3, 0.4) is 0 Å². The van der Waals surface area contributed by atoms with E-state index >= 15 is 0 Å². The molecular weight excluding hydrogens is 2050 g/mol. The smallest absolute Gasteiger partial charge is 0.460 e. The third-order valence-electron chi connectivity index (χ3n) is 15.1. The van der Waals surface area contributed by atoms with Crippen molar-refractivity contribution in [1.82, 2.24) is 36.4 Å². The van der Waals surface area contributed by atoms with Gasteiger partial charge >= 0.3 is 145 Å². The lowest BCUT2D eigenvalue weighted by Gasteiger charge is -2.32. The van der Waals surface area contributed by atoms with Gasteiger partial charge in [-0.05, 0) is 120 Å². The number of amides is 6. The van der Waals surface area contributed by atoms with Gasteiger partial charge in [0.2, 0.25) is 0 Å². The third kappa shape index (κ3) is 50.4. The molecule has 36 nitrogen and oxygen atoms in total. The summed E-state index contributed by atoms with van der Waals surface area (Å²) in [7, 11) is 0.551. The van der Waals surface area contributed by atoms with Gasteiger partial charge in [0.05, 0.1) is 73.7 Å². The van der Waals surface area contributed by atoms with Gasteiger partial charge < -0.3 is 102 Å². The van der Waals surface area contributed by atoms with Crippen molar-refractivity contribution in [3.8, 4) is 17.2 Å². The number of aromatic hydroxyl groups is 3. The highest BCUT2D eigenvalue weighted by atomic mass is 19.4. The first-order valence-electron chi connectivity index (χ1n) is 39.4. The number of methoxy groups -OCH3 is 2. The summed E-state index contributed by atoms with van der Waals surface area (Å²) in [6.45, 7) is 6.64. The second-order valence-corrected chi connectivity index (χ2v) is 25.8. The lowest BCUT2D eigenvalue weighted by molar-refractivity contribution is -0.502. The highest BCUT2D eigenvalue weighted by Crippen LogP contribution is 2.48. The Morgan fingerprint density at radius 1 is 0.289 bits per heavy atom. The molecule has 3 rings (SSSR count). The standard InChI is InChI=1S/C22H20F8N2O6.C14H20F8N2O8.C14H20F8N2O4.C8H6F8O6.C8H11NO.C4H11NO2.C4H11N/c23-19(24,17(35)31-11-9-13-1-5-15(33)6-2-13)37-21(27,28)22(29,30)38-20(25,26)18(36)32-12-10-14-3-7-16(34)8-4-14;15-11(16,9(27)23-1-5-29-7-3-25)31-13(19,20)14(21,22)32-12(17,18)10(28)24-2-6-30-8-4-26;1-5-23(6-2)9(25)11(15,16)27-13(19,20)14(21,22)28-12(17,18)10(26)24(7-3)8-4;1-19-3(17)5(9,10)21-7(13,14)8(15,16)22-6(11,12)4(18)20-2;9-6-5-7-1-3-8(10)4-2-7;5-1-3-7-4-2-6;1-3-5-4-2/h1-8,33-34H,9-12H2,(H,31,35)(H,32,36);25-26H,1-8H2,(H,23,27)(H,24,28);5-8H2,1-4H3;1-2H3;1-4,10H,5-6,9H2;6H,1-5H2;5H,3-4H2,1-2H3. The van der Waals surface area contributed by atoms with Crippen LogP contribution in [0.1, 0.15) is 58.2 Å². The zero-order valence-electron chi connectivity index (χ0n) is 74.8. The van der Waals surface area contributed by atoms with Gasteiger partial charge in [0, 0.05) is 58.9 Å². The molecule has 0 fully saturated rings. The van der Waals surface area contributed by atoms with E-state index < -0.39 is 224 Å². The molecule has 0 aliphatic carbocycles. The number of aliphatic hydroxyl groups excluding tert-OH is 3. The van der Waals surface area contributed by atoms with Gasteiger partial charge in [0.1, 0.15) is 17.2 Å². The predicted molar refractivity (Wildman–Crippen MR) is 411 cm³/mol. The summed E-state index contributed by atoms with van der Waals surface area (Å²) in [5, 5.41) is 60.6. The summed E-state index contributed by atoms with van der Waals surface area (Å²) >= 11 is 0. The monoisotopic (exact) mass is 2150 g/mol. The number of benzene rings is 3. The number of phenolic OH excluding ortho intramolecular Hbond substituents is 3. The van der Waals surface area contributed by atoms with Crippen molar-refractivity contribution in [2.24, 2.45) is 11.5 Å². The van der Waals surface area contributed by atoms with E-state index in [0.29, 0.717) is 43.2 Å². The molecule has 826 valence electrons. The molecule has 3 aromatic carbocycles. The van der Waals surface area contributed by atoms with Gasteiger partial charge in [0.25, 0.3) is 0 Å². The van der Waals surface area contributed by atoms with Gasteiger partial charge in [-0.2, -0.15) is 140 Å². The lowest BCUT2D eigenvalue weighted by Crippen LogP contribution is -2.57. The summed E-state index contributed by atoms with van der Waals surface area (Å²) in [4.78, 5) is 89.3. The minimum atomic E-state index is -6.50. The van der Waals surface area contributed by atoms with E-state index in [1.807, 2.05) is 12.1 Å². The van der Waals surface area contributed by atoms with Crippen LogP contribution in [-0.2, 0) is 119 Å². The molecule has 0 aliphatic rings. The zero-order chi connectivity index (χ0) is 111. The Morgan fingerprint density at radius 3 is 0.683 bits per heavy atom. The van der Waals surface area contributed by atoms with E-state index in [4.69, 9.17) is 46.8 Å². The minimum Gasteiger partial charge on any atom is -0.508 e. The number of carbonyl (C=O) groups excluding carboxylic acids is 8. The Hall–Kier alpha value is -10.1. The number of nitrogens with two attached hydrogens (primary N) is 2. The molecule has 0 saturated heterocycles. The Balaban J connectivity index is -0.000000840.